The van der Waals surface area contributed by atoms with Crippen LogP contribution in [0.15, 0.2) is 29.8 Å². The van der Waals surface area contributed by atoms with Crippen LogP contribution in [0.25, 0.3) is 0 Å². The monoisotopic (exact) mass is 312 g/mol. The molecule has 2 heterocycles. The average Bonchev–Trinajstić information content (AvgIpc) is 3.00. The van der Waals surface area contributed by atoms with Gasteiger partial charge >= 0.3 is 6.18 Å². The van der Waals surface area contributed by atoms with Crippen molar-refractivity contribution in [1.29, 1.82) is 0 Å². The number of halogens is 3. The Balaban J connectivity index is 2.02. The van der Waals surface area contributed by atoms with Crippen LogP contribution in [-0.4, -0.2) is 16.9 Å². The number of carbonyl (C=O) groups is 1. The topological polar surface area (TPSA) is 33.2 Å². The molecule has 0 fully saturated rings. The van der Waals surface area contributed by atoms with Crippen molar-refractivity contribution in [3.05, 3.63) is 45.9 Å². The van der Waals surface area contributed by atoms with E-state index in [0.717, 1.165) is 22.4 Å². The summed E-state index contributed by atoms with van der Waals surface area (Å²) in [5.74, 6) is -0.637. The Morgan fingerprint density at radius 3 is 2.81 bits per heavy atom. The summed E-state index contributed by atoms with van der Waals surface area (Å²) in [6, 6.07) is 7.10. The molecule has 0 N–H and O–H groups in total. The van der Waals surface area contributed by atoms with E-state index in [1.807, 2.05) is 19.1 Å². The Hall–Kier alpha value is -1.89. The summed E-state index contributed by atoms with van der Waals surface area (Å²) in [6.07, 6.45) is -3.98. The van der Waals surface area contributed by atoms with Gasteiger partial charge in [0.05, 0.1) is 5.51 Å². The van der Waals surface area contributed by atoms with Gasteiger partial charge in [0.1, 0.15) is 4.88 Å². The number of para-hydroxylation sites is 1. The molecular formula is C14H11F3N2OS. The SMILES string of the molecule is CC1Cc2ccccc2N1C(=O)c1scnc1C(F)(F)F. The van der Waals surface area contributed by atoms with E-state index in [1.54, 1.807) is 12.1 Å². The zero-order valence-corrected chi connectivity index (χ0v) is 11.8. The van der Waals surface area contributed by atoms with E-state index in [0.29, 0.717) is 12.1 Å². The van der Waals surface area contributed by atoms with Crippen molar-refractivity contribution in [2.24, 2.45) is 0 Å². The summed E-state index contributed by atoms with van der Waals surface area (Å²) in [5.41, 5.74) is 1.60. The molecule has 110 valence electrons. The second-order valence-electron chi connectivity index (χ2n) is 4.88. The fraction of sp³-hybridized carbons (Fsp3) is 0.286. The van der Waals surface area contributed by atoms with Gasteiger partial charge in [-0.25, -0.2) is 4.98 Å². The van der Waals surface area contributed by atoms with Crippen molar-refractivity contribution in [2.75, 3.05) is 4.90 Å². The molecule has 0 bridgehead atoms. The first kappa shape index (κ1) is 14.1. The molecule has 0 spiro atoms. The van der Waals surface area contributed by atoms with Gasteiger partial charge in [-0.05, 0) is 25.0 Å². The number of aromatic nitrogens is 1. The van der Waals surface area contributed by atoms with Crippen molar-refractivity contribution in [3.8, 4) is 0 Å². The Labute approximate surface area is 123 Å². The number of hydrogen-bond acceptors (Lipinski definition) is 3. The van der Waals surface area contributed by atoms with Crippen LogP contribution >= 0.6 is 11.3 Å². The molecule has 1 aliphatic rings. The molecule has 1 aliphatic heterocycles. The second kappa shape index (κ2) is 4.84. The number of hydrogen-bond donors (Lipinski definition) is 0. The van der Waals surface area contributed by atoms with Crippen molar-refractivity contribution < 1.29 is 18.0 Å². The van der Waals surface area contributed by atoms with E-state index in [9.17, 15) is 18.0 Å². The highest BCUT2D eigenvalue weighted by molar-refractivity contribution is 7.12. The number of anilines is 1. The maximum Gasteiger partial charge on any atom is 0.434 e. The van der Waals surface area contributed by atoms with Crippen LogP contribution in [0, 0.1) is 0 Å². The summed E-state index contributed by atoms with van der Waals surface area (Å²) in [5, 5.41) is 0. The van der Waals surface area contributed by atoms with Gasteiger partial charge in [-0.15, -0.1) is 11.3 Å². The number of nitrogens with zero attached hydrogens (tertiary/aromatic N) is 2. The van der Waals surface area contributed by atoms with Crippen LogP contribution in [-0.2, 0) is 12.6 Å². The Morgan fingerprint density at radius 1 is 1.38 bits per heavy atom. The Kier molecular flexibility index (Phi) is 3.24. The number of rotatable bonds is 1. The molecule has 3 nitrogen and oxygen atoms in total. The lowest BCUT2D eigenvalue weighted by Gasteiger charge is -2.22. The quantitative estimate of drug-likeness (QED) is 0.803. The number of carbonyl (C=O) groups excluding carboxylic acids is 1. The van der Waals surface area contributed by atoms with Crippen molar-refractivity contribution in [1.82, 2.24) is 4.98 Å². The predicted octanol–water partition coefficient (Wildman–Crippen LogP) is 3.75. The molecule has 0 aliphatic carbocycles. The third-order valence-corrected chi connectivity index (χ3v) is 4.27. The minimum atomic E-state index is -4.62. The van der Waals surface area contributed by atoms with Gasteiger partial charge in [-0.3, -0.25) is 4.79 Å². The van der Waals surface area contributed by atoms with Crippen molar-refractivity contribution in [2.45, 2.75) is 25.6 Å². The second-order valence-corrected chi connectivity index (χ2v) is 5.74. The lowest BCUT2D eigenvalue weighted by Crippen LogP contribution is -2.36. The number of alkyl halides is 3. The normalized spacial score (nSPS) is 17.9. The molecule has 0 saturated carbocycles. The van der Waals surface area contributed by atoms with Gasteiger partial charge < -0.3 is 4.90 Å². The zero-order chi connectivity index (χ0) is 15.2. The van der Waals surface area contributed by atoms with Crippen LogP contribution in [0.4, 0.5) is 18.9 Å². The number of benzene rings is 1. The molecule has 3 rings (SSSR count). The van der Waals surface area contributed by atoms with Gasteiger partial charge in [0, 0.05) is 11.7 Å². The van der Waals surface area contributed by atoms with E-state index >= 15 is 0 Å². The highest BCUT2D eigenvalue weighted by atomic mass is 32.1. The van der Waals surface area contributed by atoms with Gasteiger partial charge in [0.25, 0.3) is 5.91 Å². The van der Waals surface area contributed by atoms with Crippen LogP contribution in [0.5, 0.6) is 0 Å². The molecule has 1 aromatic carbocycles. The maximum atomic E-state index is 12.9. The third-order valence-electron chi connectivity index (χ3n) is 3.46. The van der Waals surface area contributed by atoms with E-state index in [-0.39, 0.29) is 10.9 Å². The first-order valence-corrected chi connectivity index (χ1v) is 7.19. The van der Waals surface area contributed by atoms with Gasteiger partial charge in [-0.1, -0.05) is 18.2 Å². The predicted molar refractivity (Wildman–Crippen MR) is 73.5 cm³/mol. The molecule has 7 heteroatoms. The minimum Gasteiger partial charge on any atom is -0.304 e. The van der Waals surface area contributed by atoms with Crippen LogP contribution in [0.1, 0.15) is 27.9 Å². The molecule has 0 radical (unpaired) electrons. The van der Waals surface area contributed by atoms with E-state index in [2.05, 4.69) is 4.98 Å². The fourth-order valence-electron chi connectivity index (χ4n) is 2.58. The first-order chi connectivity index (χ1) is 9.89. The Morgan fingerprint density at radius 2 is 2.10 bits per heavy atom. The number of amides is 1. The Bertz CT molecular complexity index is 696. The summed E-state index contributed by atoms with van der Waals surface area (Å²) in [4.78, 5) is 16.9. The molecular weight excluding hydrogens is 301 g/mol. The van der Waals surface area contributed by atoms with Gasteiger partial charge in [0.15, 0.2) is 5.69 Å². The van der Waals surface area contributed by atoms with Gasteiger partial charge in [0.2, 0.25) is 0 Å². The lowest BCUT2D eigenvalue weighted by molar-refractivity contribution is -0.141. The fourth-order valence-corrected chi connectivity index (χ4v) is 3.33. The van der Waals surface area contributed by atoms with E-state index in [4.69, 9.17) is 0 Å². The summed E-state index contributed by atoms with van der Waals surface area (Å²) >= 11 is 0.726. The number of thiazole rings is 1. The maximum absolute atomic E-state index is 12.9. The lowest BCUT2D eigenvalue weighted by atomic mass is 10.1. The largest absolute Gasteiger partial charge is 0.434 e. The molecule has 1 amide bonds. The molecule has 2 aromatic rings. The molecule has 1 unspecified atom stereocenters. The third kappa shape index (κ3) is 2.31. The average molecular weight is 312 g/mol. The molecule has 1 aromatic heterocycles. The van der Waals surface area contributed by atoms with Crippen LogP contribution in [0.2, 0.25) is 0 Å². The molecule has 21 heavy (non-hydrogen) atoms. The van der Waals surface area contributed by atoms with Crippen LogP contribution < -0.4 is 4.90 Å². The summed E-state index contributed by atoms with van der Waals surface area (Å²) in [6.45, 7) is 1.83. The van der Waals surface area contributed by atoms with E-state index < -0.39 is 17.8 Å². The first-order valence-electron chi connectivity index (χ1n) is 6.31. The number of fused-ring (bicyclic) bond motifs is 1. The van der Waals surface area contributed by atoms with Crippen molar-refractivity contribution in [3.63, 3.8) is 0 Å². The van der Waals surface area contributed by atoms with E-state index in [1.165, 1.54) is 4.90 Å². The van der Waals surface area contributed by atoms with Crippen molar-refractivity contribution >= 4 is 22.9 Å². The molecule has 0 saturated heterocycles. The molecule has 1 atom stereocenters. The van der Waals surface area contributed by atoms with Crippen LogP contribution in [0.3, 0.4) is 0 Å². The van der Waals surface area contributed by atoms with Gasteiger partial charge in [-0.2, -0.15) is 13.2 Å². The summed E-state index contributed by atoms with van der Waals surface area (Å²) < 4.78 is 38.7. The smallest absolute Gasteiger partial charge is 0.304 e. The summed E-state index contributed by atoms with van der Waals surface area (Å²) in [7, 11) is 0. The zero-order valence-electron chi connectivity index (χ0n) is 11.0. The highest BCUT2D eigenvalue weighted by Crippen LogP contribution is 2.37. The standard InChI is InChI=1S/C14H11F3N2OS/c1-8-6-9-4-2-3-5-10(9)19(8)13(20)11-12(14(15,16)17)18-7-21-11/h2-5,7-8H,6H2,1H3. The highest BCUT2D eigenvalue weighted by Gasteiger charge is 2.41. The minimum absolute atomic E-state index is 0.168.